The van der Waals surface area contributed by atoms with E-state index >= 15 is 0 Å². The van der Waals surface area contributed by atoms with Crippen molar-refractivity contribution in [1.82, 2.24) is 9.21 Å². The van der Waals surface area contributed by atoms with E-state index < -0.39 is 44.6 Å². The second kappa shape index (κ2) is 6.32. The van der Waals surface area contributed by atoms with E-state index in [-0.39, 0.29) is 17.2 Å². The molecule has 1 heterocycles. The van der Waals surface area contributed by atoms with Gasteiger partial charge in [-0.2, -0.15) is 0 Å². The fourth-order valence-electron chi connectivity index (χ4n) is 3.43. The molecule has 1 aromatic carbocycles. The van der Waals surface area contributed by atoms with Crippen LogP contribution in [0.1, 0.15) is 33.3 Å². The first-order valence-corrected chi connectivity index (χ1v) is 9.56. The molecule has 1 aliphatic rings. The van der Waals surface area contributed by atoms with Crippen LogP contribution in [-0.2, 0) is 15.6 Å². The Labute approximate surface area is 156 Å². The van der Waals surface area contributed by atoms with Crippen LogP contribution < -0.4 is 5.73 Å². The number of halogens is 2. The van der Waals surface area contributed by atoms with Gasteiger partial charge in [-0.05, 0) is 33.8 Å². The molecule has 11 heteroatoms. The van der Waals surface area contributed by atoms with Gasteiger partial charge in [-0.25, -0.2) is 26.3 Å². The van der Waals surface area contributed by atoms with Gasteiger partial charge in [0.2, 0.25) is 16.0 Å². The standard InChI is InChI=1S/C16H22F2N4O4S/c1-15(2,3)22-13(20-14(23)24)21(5)27(25,26)8-16(22,4)9-6-12(19)11(18)7-10(9)17/h6-7H,8,19H2,1-5H3,(H,23,24)/t16-/m0/s1. The van der Waals surface area contributed by atoms with Gasteiger partial charge in [0, 0.05) is 24.2 Å². The van der Waals surface area contributed by atoms with Crippen LogP contribution in [0, 0.1) is 11.6 Å². The van der Waals surface area contributed by atoms with Crippen molar-refractivity contribution in [1.29, 1.82) is 0 Å². The largest absolute Gasteiger partial charge is 0.463 e. The minimum absolute atomic E-state index is 0.175. The number of benzene rings is 1. The molecule has 0 bridgehead atoms. The molecule has 0 aliphatic carbocycles. The Hall–Kier alpha value is -2.43. The van der Waals surface area contributed by atoms with Crippen molar-refractivity contribution in [3.8, 4) is 0 Å². The molecule has 0 unspecified atom stereocenters. The van der Waals surface area contributed by atoms with E-state index in [1.54, 1.807) is 20.8 Å². The van der Waals surface area contributed by atoms with E-state index in [2.05, 4.69) is 4.99 Å². The second-order valence-corrected chi connectivity index (χ2v) is 9.55. The van der Waals surface area contributed by atoms with Crippen molar-refractivity contribution in [2.24, 2.45) is 4.99 Å². The smallest absolute Gasteiger partial charge is 0.434 e. The first-order chi connectivity index (χ1) is 12.1. The van der Waals surface area contributed by atoms with Gasteiger partial charge >= 0.3 is 6.09 Å². The topological polar surface area (TPSA) is 116 Å². The highest BCUT2D eigenvalue weighted by Crippen LogP contribution is 2.42. The summed E-state index contributed by atoms with van der Waals surface area (Å²) in [6, 6.07) is 1.61. The first-order valence-electron chi connectivity index (χ1n) is 7.95. The molecule has 0 aromatic heterocycles. The minimum Gasteiger partial charge on any atom is -0.463 e. The fraction of sp³-hybridized carbons (Fsp3) is 0.500. The van der Waals surface area contributed by atoms with Crippen molar-refractivity contribution in [2.75, 3.05) is 18.5 Å². The molecule has 2 rings (SSSR count). The maximum absolute atomic E-state index is 14.7. The van der Waals surface area contributed by atoms with Gasteiger partial charge in [0.25, 0.3) is 0 Å². The summed E-state index contributed by atoms with van der Waals surface area (Å²) in [5, 5.41) is 9.13. The van der Waals surface area contributed by atoms with Crippen LogP contribution in [0.15, 0.2) is 17.1 Å². The molecule has 27 heavy (non-hydrogen) atoms. The average molecular weight is 404 g/mol. The highest BCUT2D eigenvalue weighted by atomic mass is 32.2. The summed E-state index contributed by atoms with van der Waals surface area (Å²) in [6.07, 6.45) is -1.61. The quantitative estimate of drug-likeness (QED) is 0.693. The molecule has 1 amide bonds. The van der Waals surface area contributed by atoms with Crippen LogP contribution in [0.3, 0.4) is 0 Å². The Morgan fingerprint density at radius 3 is 2.33 bits per heavy atom. The van der Waals surface area contributed by atoms with Crippen molar-refractivity contribution in [2.45, 2.75) is 38.8 Å². The lowest BCUT2D eigenvalue weighted by Crippen LogP contribution is -2.68. The van der Waals surface area contributed by atoms with Crippen LogP contribution >= 0.6 is 0 Å². The molecule has 1 aromatic rings. The minimum atomic E-state index is -4.05. The van der Waals surface area contributed by atoms with Gasteiger partial charge in [0.1, 0.15) is 11.6 Å². The Morgan fingerprint density at radius 1 is 1.30 bits per heavy atom. The molecule has 150 valence electrons. The number of aliphatic imine (C=N–C) groups is 1. The lowest BCUT2D eigenvalue weighted by Gasteiger charge is -2.55. The number of guanidine groups is 1. The van der Waals surface area contributed by atoms with Crippen molar-refractivity contribution in [3.05, 3.63) is 29.3 Å². The lowest BCUT2D eigenvalue weighted by atomic mass is 9.86. The maximum atomic E-state index is 14.7. The summed E-state index contributed by atoms with van der Waals surface area (Å²) in [5.74, 6) is -2.94. The Bertz CT molecular complexity index is 927. The van der Waals surface area contributed by atoms with E-state index in [0.717, 1.165) is 10.4 Å². The Morgan fingerprint density at radius 2 is 1.85 bits per heavy atom. The van der Waals surface area contributed by atoms with Gasteiger partial charge in [0.15, 0.2) is 0 Å². The molecule has 0 radical (unpaired) electrons. The predicted octanol–water partition coefficient (Wildman–Crippen LogP) is 2.17. The third kappa shape index (κ3) is 3.55. The zero-order valence-electron chi connectivity index (χ0n) is 15.6. The summed E-state index contributed by atoms with van der Waals surface area (Å²) < 4.78 is 54.5. The number of nitrogen functional groups attached to an aromatic ring is 1. The summed E-state index contributed by atoms with van der Waals surface area (Å²) in [6.45, 7) is 6.51. The number of sulfonamides is 1. The number of rotatable bonds is 1. The molecule has 0 spiro atoms. The van der Waals surface area contributed by atoms with Crippen molar-refractivity contribution < 1.29 is 27.1 Å². The molecule has 1 saturated heterocycles. The second-order valence-electron chi connectivity index (χ2n) is 7.55. The molecule has 3 N–H and O–H groups in total. The Kier molecular flexibility index (Phi) is 4.89. The number of carboxylic acid groups (broad SMARTS) is 1. The van der Waals surface area contributed by atoms with Gasteiger partial charge in [0.05, 0.1) is 17.0 Å². The van der Waals surface area contributed by atoms with Gasteiger partial charge < -0.3 is 15.7 Å². The van der Waals surface area contributed by atoms with E-state index in [4.69, 9.17) is 10.8 Å². The third-order valence-corrected chi connectivity index (χ3v) is 6.31. The average Bonchev–Trinajstić information content (AvgIpc) is 2.45. The normalized spacial score (nSPS) is 24.3. The SMILES string of the molecule is CN1C(=NC(=O)O)N(C(C)(C)C)[C@](C)(c2cc(N)c(F)cc2F)CS1(=O)=O. The van der Waals surface area contributed by atoms with Crippen LogP contribution in [0.2, 0.25) is 0 Å². The summed E-state index contributed by atoms with van der Waals surface area (Å²) in [4.78, 5) is 16.1. The molecular formula is C16H22F2N4O4S. The summed E-state index contributed by atoms with van der Waals surface area (Å²) >= 11 is 0. The number of hydrogen-bond donors (Lipinski definition) is 2. The zero-order valence-corrected chi connectivity index (χ0v) is 16.4. The molecule has 1 fully saturated rings. The van der Waals surface area contributed by atoms with Crippen LogP contribution in [0.5, 0.6) is 0 Å². The lowest BCUT2D eigenvalue weighted by molar-refractivity contribution is 0.0875. The van der Waals surface area contributed by atoms with Crippen LogP contribution in [0.4, 0.5) is 19.3 Å². The molecule has 1 atom stereocenters. The number of nitrogens with two attached hydrogens (primary N) is 1. The molecule has 8 nitrogen and oxygen atoms in total. The van der Waals surface area contributed by atoms with Crippen LogP contribution in [-0.4, -0.2) is 53.1 Å². The predicted molar refractivity (Wildman–Crippen MR) is 96.7 cm³/mol. The van der Waals surface area contributed by atoms with E-state index in [1.807, 2.05) is 0 Å². The summed E-state index contributed by atoms with van der Waals surface area (Å²) in [7, 11) is -2.88. The highest BCUT2D eigenvalue weighted by molar-refractivity contribution is 7.89. The monoisotopic (exact) mass is 404 g/mol. The Balaban J connectivity index is 2.90. The maximum Gasteiger partial charge on any atom is 0.434 e. The van der Waals surface area contributed by atoms with Gasteiger partial charge in [-0.15, -0.1) is 4.99 Å². The van der Waals surface area contributed by atoms with E-state index in [0.29, 0.717) is 6.07 Å². The number of nitrogens with zero attached hydrogens (tertiary/aromatic N) is 3. The number of amides is 1. The van der Waals surface area contributed by atoms with E-state index in [9.17, 15) is 22.0 Å². The molecule has 1 aliphatic heterocycles. The highest BCUT2D eigenvalue weighted by Gasteiger charge is 2.53. The van der Waals surface area contributed by atoms with Crippen molar-refractivity contribution >= 4 is 27.8 Å². The van der Waals surface area contributed by atoms with Gasteiger partial charge in [-0.1, -0.05) is 0 Å². The number of hydrogen-bond acceptors (Lipinski definition) is 4. The van der Waals surface area contributed by atoms with E-state index in [1.165, 1.54) is 18.9 Å². The van der Waals surface area contributed by atoms with Crippen molar-refractivity contribution in [3.63, 3.8) is 0 Å². The number of carbonyl (C=O) groups is 1. The first kappa shape index (κ1) is 20.9. The zero-order chi connectivity index (χ0) is 20.9. The fourth-order valence-corrected chi connectivity index (χ4v) is 4.99. The third-order valence-electron chi connectivity index (χ3n) is 4.39. The molecule has 0 saturated carbocycles. The number of anilines is 1. The summed E-state index contributed by atoms with van der Waals surface area (Å²) in [5.41, 5.74) is 2.58. The molecular weight excluding hydrogens is 382 g/mol. The van der Waals surface area contributed by atoms with Gasteiger partial charge in [-0.3, -0.25) is 0 Å². The van der Waals surface area contributed by atoms with Crippen LogP contribution in [0.25, 0.3) is 0 Å².